The monoisotopic (exact) mass is 384 g/mol. The van der Waals surface area contributed by atoms with Crippen LogP contribution in [-0.4, -0.2) is 65.0 Å². The van der Waals surface area contributed by atoms with Crippen molar-refractivity contribution < 1.29 is 13.9 Å². The summed E-state index contributed by atoms with van der Waals surface area (Å²) in [5.41, 5.74) is 3.59. The number of amides is 1. The van der Waals surface area contributed by atoms with Gasteiger partial charge in [-0.1, -0.05) is 0 Å². The zero-order valence-electron chi connectivity index (χ0n) is 15.8. The van der Waals surface area contributed by atoms with Crippen molar-refractivity contribution in [2.24, 2.45) is 5.92 Å². The lowest BCUT2D eigenvalue weighted by Crippen LogP contribution is -2.56. The SMILES string of the molecule is O=C([C@@H]1C[C@H]1F)N1C2CCC1CN(c1ccnn3cc(C4CCOC4)cc13)C2. The smallest absolute Gasteiger partial charge is 0.229 e. The molecule has 3 aliphatic heterocycles. The molecule has 2 bridgehead atoms. The predicted molar refractivity (Wildman–Crippen MR) is 102 cm³/mol. The zero-order chi connectivity index (χ0) is 18.8. The second-order valence-corrected chi connectivity index (χ2v) is 8.77. The number of carbonyl (C=O) groups is 1. The standard InChI is InChI=1S/C21H25FN4O2/c22-18-8-17(18)21(27)26-15-1-2-16(26)11-24(10-15)19-3-5-23-25-9-14(7-20(19)25)13-4-6-28-12-13/h3,5,7,9,13,15-18H,1-2,4,6,8,10-12H2/t13?,15?,16?,17-,18-/m1/s1. The van der Waals surface area contributed by atoms with Crippen LogP contribution in [-0.2, 0) is 9.53 Å². The van der Waals surface area contributed by atoms with Gasteiger partial charge < -0.3 is 14.5 Å². The lowest BCUT2D eigenvalue weighted by molar-refractivity contribution is -0.136. The number of hydrogen-bond donors (Lipinski definition) is 0. The molecule has 0 N–H and O–H groups in total. The van der Waals surface area contributed by atoms with Gasteiger partial charge in [-0.3, -0.25) is 4.79 Å². The first-order chi connectivity index (χ1) is 13.7. The first-order valence-corrected chi connectivity index (χ1v) is 10.5. The zero-order valence-corrected chi connectivity index (χ0v) is 15.8. The van der Waals surface area contributed by atoms with Crippen molar-refractivity contribution in [1.29, 1.82) is 0 Å². The Balaban J connectivity index is 1.28. The van der Waals surface area contributed by atoms with Crippen molar-refractivity contribution in [3.63, 3.8) is 0 Å². The van der Waals surface area contributed by atoms with E-state index in [0.29, 0.717) is 12.3 Å². The molecule has 148 valence electrons. The normalized spacial score (nSPS) is 34.4. The van der Waals surface area contributed by atoms with Crippen LogP contribution < -0.4 is 4.90 Å². The van der Waals surface area contributed by atoms with Crippen molar-refractivity contribution in [3.05, 3.63) is 30.1 Å². The van der Waals surface area contributed by atoms with Crippen molar-refractivity contribution in [2.45, 2.75) is 49.9 Å². The molecule has 5 atom stereocenters. The molecule has 2 aromatic rings. The summed E-state index contributed by atoms with van der Waals surface area (Å²) in [6.07, 6.45) is 6.58. The summed E-state index contributed by atoms with van der Waals surface area (Å²) >= 11 is 0. The summed E-state index contributed by atoms with van der Waals surface area (Å²) in [6, 6.07) is 4.73. The van der Waals surface area contributed by atoms with Gasteiger partial charge in [0.1, 0.15) is 6.17 Å². The molecular formula is C21H25FN4O2. The molecule has 0 aromatic carbocycles. The molecule has 5 heterocycles. The second kappa shape index (κ2) is 6.17. The molecule has 1 amide bonds. The maximum atomic E-state index is 13.4. The van der Waals surface area contributed by atoms with Gasteiger partial charge in [-0.15, -0.1) is 0 Å². The van der Waals surface area contributed by atoms with Crippen LogP contribution in [0, 0.1) is 5.92 Å². The van der Waals surface area contributed by atoms with E-state index < -0.39 is 6.17 Å². The van der Waals surface area contributed by atoms with Crippen LogP contribution in [0.2, 0.25) is 0 Å². The third-order valence-electron chi connectivity index (χ3n) is 7.02. The van der Waals surface area contributed by atoms with Crippen molar-refractivity contribution in [1.82, 2.24) is 14.5 Å². The Morgan fingerprint density at radius 1 is 1.21 bits per heavy atom. The van der Waals surface area contributed by atoms with E-state index in [1.54, 1.807) is 0 Å². The highest BCUT2D eigenvalue weighted by Crippen LogP contribution is 2.41. The summed E-state index contributed by atoms with van der Waals surface area (Å²) in [6.45, 7) is 3.25. The minimum atomic E-state index is -0.913. The van der Waals surface area contributed by atoms with Crippen LogP contribution in [0.3, 0.4) is 0 Å². The minimum absolute atomic E-state index is 0.0470. The molecule has 0 radical (unpaired) electrons. The summed E-state index contributed by atoms with van der Waals surface area (Å²) in [5, 5.41) is 4.51. The Bertz CT molecular complexity index is 910. The molecule has 7 heteroatoms. The number of aromatic nitrogens is 2. The Labute approximate surface area is 163 Å². The molecule has 4 aliphatic rings. The fraction of sp³-hybridized carbons (Fsp3) is 0.619. The van der Waals surface area contributed by atoms with Gasteiger partial charge in [0.2, 0.25) is 5.91 Å². The van der Waals surface area contributed by atoms with Crippen LogP contribution in [0.25, 0.3) is 5.52 Å². The topological polar surface area (TPSA) is 50.1 Å². The van der Waals surface area contributed by atoms with E-state index in [0.717, 1.165) is 51.1 Å². The van der Waals surface area contributed by atoms with Gasteiger partial charge in [0.15, 0.2) is 0 Å². The number of ether oxygens (including phenoxy) is 1. The third-order valence-corrected chi connectivity index (χ3v) is 7.02. The molecule has 6 nitrogen and oxygen atoms in total. The number of carbonyl (C=O) groups excluding carboxylic acids is 1. The average Bonchev–Trinajstić information content (AvgIpc) is 3.10. The number of nitrogens with zero attached hydrogens (tertiary/aromatic N) is 4. The van der Waals surface area contributed by atoms with E-state index in [1.807, 2.05) is 15.6 Å². The van der Waals surface area contributed by atoms with Crippen LogP contribution in [0.1, 0.15) is 37.2 Å². The molecule has 28 heavy (non-hydrogen) atoms. The quantitative estimate of drug-likeness (QED) is 0.815. The number of alkyl halides is 1. The largest absolute Gasteiger partial charge is 0.381 e. The number of halogens is 1. The number of hydrogen-bond acceptors (Lipinski definition) is 4. The van der Waals surface area contributed by atoms with Crippen LogP contribution in [0.15, 0.2) is 24.5 Å². The maximum absolute atomic E-state index is 13.4. The number of piperazine rings is 1. The molecule has 4 fully saturated rings. The highest BCUT2D eigenvalue weighted by Gasteiger charge is 2.51. The summed E-state index contributed by atoms with van der Waals surface area (Å²) in [7, 11) is 0. The van der Waals surface area contributed by atoms with Crippen molar-refractivity contribution >= 4 is 17.1 Å². The van der Waals surface area contributed by atoms with Gasteiger partial charge in [-0.2, -0.15) is 5.10 Å². The van der Waals surface area contributed by atoms with E-state index >= 15 is 0 Å². The highest BCUT2D eigenvalue weighted by molar-refractivity contribution is 5.84. The molecule has 1 aliphatic carbocycles. The predicted octanol–water partition coefficient (Wildman–Crippen LogP) is 2.38. The van der Waals surface area contributed by atoms with E-state index in [2.05, 4.69) is 28.3 Å². The van der Waals surface area contributed by atoms with Gasteiger partial charge in [-0.25, -0.2) is 8.91 Å². The van der Waals surface area contributed by atoms with Crippen molar-refractivity contribution in [2.75, 3.05) is 31.2 Å². The third kappa shape index (κ3) is 2.55. The Morgan fingerprint density at radius 3 is 2.68 bits per heavy atom. The average molecular weight is 384 g/mol. The fourth-order valence-corrected chi connectivity index (χ4v) is 5.38. The van der Waals surface area contributed by atoms with Gasteiger partial charge in [0.05, 0.1) is 23.7 Å². The summed E-state index contributed by atoms with van der Waals surface area (Å²) in [5.74, 6) is 0.127. The summed E-state index contributed by atoms with van der Waals surface area (Å²) < 4.78 is 21.0. The first kappa shape index (κ1) is 16.8. The van der Waals surface area contributed by atoms with Crippen LogP contribution in [0.4, 0.5) is 10.1 Å². The lowest BCUT2D eigenvalue weighted by atomic mass is 10.0. The highest BCUT2D eigenvalue weighted by atomic mass is 19.1. The first-order valence-electron chi connectivity index (χ1n) is 10.5. The van der Waals surface area contributed by atoms with E-state index in [4.69, 9.17) is 4.74 Å². The Morgan fingerprint density at radius 2 is 2.00 bits per heavy atom. The molecule has 1 saturated carbocycles. The van der Waals surface area contributed by atoms with Crippen LogP contribution >= 0.6 is 0 Å². The van der Waals surface area contributed by atoms with E-state index in [-0.39, 0.29) is 23.9 Å². The number of rotatable bonds is 3. The molecule has 2 aromatic heterocycles. The maximum Gasteiger partial charge on any atom is 0.229 e. The second-order valence-electron chi connectivity index (χ2n) is 8.77. The molecule has 3 unspecified atom stereocenters. The number of fused-ring (bicyclic) bond motifs is 3. The van der Waals surface area contributed by atoms with Crippen LogP contribution in [0.5, 0.6) is 0 Å². The fourth-order valence-electron chi connectivity index (χ4n) is 5.38. The Kier molecular flexibility index (Phi) is 3.70. The molecule has 3 saturated heterocycles. The molecular weight excluding hydrogens is 359 g/mol. The molecule has 0 spiro atoms. The molecule has 6 rings (SSSR count). The van der Waals surface area contributed by atoms with Gasteiger partial charge in [-0.05, 0) is 43.4 Å². The van der Waals surface area contributed by atoms with Gasteiger partial charge >= 0.3 is 0 Å². The van der Waals surface area contributed by atoms with E-state index in [1.165, 1.54) is 11.3 Å². The van der Waals surface area contributed by atoms with E-state index in [9.17, 15) is 9.18 Å². The Hall–Kier alpha value is -2.15. The lowest BCUT2D eigenvalue weighted by Gasteiger charge is -2.42. The number of anilines is 1. The summed E-state index contributed by atoms with van der Waals surface area (Å²) in [4.78, 5) is 17.1. The minimum Gasteiger partial charge on any atom is -0.381 e. The van der Waals surface area contributed by atoms with Crippen molar-refractivity contribution in [3.8, 4) is 0 Å². The van der Waals surface area contributed by atoms with Gasteiger partial charge in [0.25, 0.3) is 0 Å². The van der Waals surface area contributed by atoms with Gasteiger partial charge in [0, 0.05) is 50.1 Å².